The number of fused-ring (bicyclic) bond motifs is 2. The number of para-hydroxylation sites is 3. The van der Waals surface area contributed by atoms with Crippen LogP contribution in [0.1, 0.15) is 0 Å². The van der Waals surface area contributed by atoms with Gasteiger partial charge in [-0.2, -0.15) is 0 Å². The average Bonchev–Trinajstić information content (AvgIpc) is 2.45. The Morgan fingerprint density at radius 2 is 1.50 bits per heavy atom. The maximum atomic E-state index is 5.49. The number of aromatic nitrogens is 1. The molecule has 18 heavy (non-hydrogen) atoms. The van der Waals surface area contributed by atoms with Crippen LogP contribution in [0.3, 0.4) is 0 Å². The molecule has 0 aliphatic carbocycles. The summed E-state index contributed by atoms with van der Waals surface area (Å²) in [7, 11) is 0. The maximum absolute atomic E-state index is 5.49. The van der Waals surface area contributed by atoms with Gasteiger partial charge >= 0.3 is 4.90 Å². The van der Waals surface area contributed by atoms with Gasteiger partial charge < -0.3 is 8.83 Å². The predicted octanol–water partition coefficient (Wildman–Crippen LogP) is 4.43. The summed E-state index contributed by atoms with van der Waals surface area (Å²) in [6.07, 6.45) is 1.74. The third kappa shape index (κ3) is 2.10. The molecule has 0 aliphatic rings. The molecular formula is C14H9NO2S. The van der Waals surface area contributed by atoms with Crippen molar-refractivity contribution < 1.29 is 8.83 Å². The highest BCUT2D eigenvalue weighted by atomic mass is 32.1. The van der Waals surface area contributed by atoms with E-state index in [0.29, 0.717) is 11.2 Å². The van der Waals surface area contributed by atoms with Crippen LogP contribution in [0.25, 0.3) is 22.1 Å². The van der Waals surface area contributed by atoms with Gasteiger partial charge in [0.25, 0.3) is 0 Å². The molecule has 0 saturated carbocycles. The van der Waals surface area contributed by atoms with Gasteiger partial charge in [0.1, 0.15) is 11.1 Å². The van der Waals surface area contributed by atoms with E-state index >= 15 is 0 Å². The van der Waals surface area contributed by atoms with Crippen molar-refractivity contribution in [3.05, 3.63) is 59.6 Å². The van der Waals surface area contributed by atoms with E-state index in [1.807, 2.05) is 42.5 Å². The largest absolute Gasteiger partial charge is 0.417 e. The molecule has 0 bridgehead atoms. The Bertz CT molecular complexity index is 752. The first kappa shape index (κ1) is 10.9. The Balaban J connectivity index is 2.55. The minimum absolute atomic E-state index is 0.0698. The molecule has 0 aliphatic heterocycles. The summed E-state index contributed by atoms with van der Waals surface area (Å²) in [5, 5.41) is 0.861. The molecule has 1 heterocycles. The molecule has 0 amide bonds. The van der Waals surface area contributed by atoms with Crippen LogP contribution in [0.2, 0.25) is 0 Å². The number of hydrogen-bond acceptors (Lipinski definition) is 4. The second-order valence-electron chi connectivity index (χ2n) is 3.72. The Kier molecular flexibility index (Phi) is 2.78. The van der Waals surface area contributed by atoms with Gasteiger partial charge in [-0.15, -0.1) is 0 Å². The average molecular weight is 255 g/mol. The fraction of sp³-hybridized carbons (Fsp3) is 0. The lowest BCUT2D eigenvalue weighted by Crippen LogP contribution is -1.71. The number of nitrogens with zero attached hydrogens (tertiary/aromatic N) is 1. The topological polar surface area (TPSA) is 39.2 Å². The summed E-state index contributed by atoms with van der Waals surface area (Å²) in [5.74, 6) is 0. The molecule has 3 aromatic rings. The molecule has 0 N–H and O–H groups in total. The zero-order valence-electron chi connectivity index (χ0n) is 9.37. The first-order valence-corrected chi connectivity index (χ1v) is 5.85. The molecular weight excluding hydrogens is 246 g/mol. The second-order valence-corrected chi connectivity index (χ2v) is 4.05. The van der Waals surface area contributed by atoms with Crippen molar-refractivity contribution in [2.24, 2.45) is 0 Å². The lowest BCUT2D eigenvalue weighted by atomic mass is 10.3. The Morgan fingerprint density at radius 1 is 0.833 bits per heavy atom. The van der Waals surface area contributed by atoms with Crippen molar-refractivity contribution in [2.45, 2.75) is 0 Å². The molecule has 0 saturated heterocycles. The van der Waals surface area contributed by atoms with Crippen molar-refractivity contribution in [2.75, 3.05) is 0 Å². The molecule has 88 valence electrons. The molecule has 0 atom stereocenters. The van der Waals surface area contributed by atoms with Gasteiger partial charge in [-0.1, -0.05) is 24.3 Å². The van der Waals surface area contributed by atoms with E-state index in [1.54, 1.807) is 12.3 Å². The van der Waals surface area contributed by atoms with Gasteiger partial charge in [0.15, 0.2) is 5.58 Å². The third-order valence-electron chi connectivity index (χ3n) is 2.51. The minimum Gasteiger partial charge on any atom is -0.417 e. The van der Waals surface area contributed by atoms with Crippen LogP contribution in [-0.4, -0.2) is 4.98 Å². The summed E-state index contributed by atoms with van der Waals surface area (Å²) >= 11 is 5.07. The zero-order valence-corrected chi connectivity index (χ0v) is 10.2. The van der Waals surface area contributed by atoms with E-state index in [9.17, 15) is 0 Å². The SMILES string of the molecule is S=c1oc2ccccc2cnc2ccccc2o1. The van der Waals surface area contributed by atoms with E-state index in [0.717, 1.165) is 10.9 Å². The van der Waals surface area contributed by atoms with Gasteiger partial charge in [-0.3, -0.25) is 4.98 Å². The van der Waals surface area contributed by atoms with Gasteiger partial charge in [-0.25, -0.2) is 0 Å². The van der Waals surface area contributed by atoms with E-state index in [1.165, 1.54) is 0 Å². The summed E-state index contributed by atoms with van der Waals surface area (Å²) < 4.78 is 11.0. The molecule has 3 rings (SSSR count). The smallest absolute Gasteiger partial charge is 0.363 e. The van der Waals surface area contributed by atoms with Gasteiger partial charge in [0, 0.05) is 23.8 Å². The molecule has 1 aromatic heterocycles. The van der Waals surface area contributed by atoms with Crippen LogP contribution in [0.15, 0.2) is 63.6 Å². The fourth-order valence-corrected chi connectivity index (χ4v) is 1.85. The molecule has 0 radical (unpaired) electrons. The summed E-state index contributed by atoms with van der Waals surface area (Å²) in [4.78, 5) is 4.46. The van der Waals surface area contributed by atoms with Crippen molar-refractivity contribution in [3.8, 4) is 0 Å². The zero-order chi connectivity index (χ0) is 12.4. The summed E-state index contributed by atoms with van der Waals surface area (Å²) in [6.45, 7) is 0. The minimum atomic E-state index is 0.0698. The fourth-order valence-electron chi connectivity index (χ4n) is 1.67. The van der Waals surface area contributed by atoms with Gasteiger partial charge in [-0.05, 0) is 24.3 Å². The quantitative estimate of drug-likeness (QED) is 0.557. The number of benzene rings is 2. The van der Waals surface area contributed by atoms with Crippen molar-refractivity contribution in [1.82, 2.24) is 4.98 Å². The molecule has 2 aromatic carbocycles. The highest BCUT2D eigenvalue weighted by Crippen LogP contribution is 2.13. The Hall–Kier alpha value is -2.20. The molecule has 4 heteroatoms. The van der Waals surface area contributed by atoms with Gasteiger partial charge in [0.2, 0.25) is 0 Å². The first-order valence-electron chi connectivity index (χ1n) is 5.45. The molecule has 0 fully saturated rings. The number of hydrogen-bond donors (Lipinski definition) is 0. The molecule has 0 unspecified atom stereocenters. The monoisotopic (exact) mass is 255 g/mol. The normalized spacial score (nSPS) is 10.4. The van der Waals surface area contributed by atoms with E-state index in [2.05, 4.69) is 4.98 Å². The van der Waals surface area contributed by atoms with E-state index in [4.69, 9.17) is 21.1 Å². The highest BCUT2D eigenvalue weighted by Gasteiger charge is 1.94. The lowest BCUT2D eigenvalue weighted by molar-refractivity contribution is 0.408. The number of rotatable bonds is 0. The highest BCUT2D eigenvalue weighted by molar-refractivity contribution is 7.71. The Labute approximate surface area is 108 Å². The predicted molar refractivity (Wildman–Crippen MR) is 72.2 cm³/mol. The van der Waals surface area contributed by atoms with Crippen LogP contribution in [0, 0.1) is 4.90 Å². The summed E-state index contributed by atoms with van der Waals surface area (Å²) in [5.41, 5.74) is 1.95. The van der Waals surface area contributed by atoms with Crippen LogP contribution in [-0.2, 0) is 0 Å². The molecule has 0 spiro atoms. The third-order valence-corrected chi connectivity index (χ3v) is 2.68. The van der Waals surface area contributed by atoms with E-state index in [-0.39, 0.29) is 4.90 Å². The summed E-state index contributed by atoms with van der Waals surface area (Å²) in [6, 6.07) is 15.0. The second kappa shape index (κ2) is 4.58. The Morgan fingerprint density at radius 3 is 2.39 bits per heavy atom. The standard InChI is InChI=1S/C14H9NO2S/c18-14-16-12-7-3-1-5-10(12)9-15-11-6-2-4-8-13(11)17-14/h1-9H. The van der Waals surface area contributed by atoms with Crippen LogP contribution in [0.5, 0.6) is 0 Å². The van der Waals surface area contributed by atoms with Gasteiger partial charge in [0.05, 0.1) is 0 Å². The van der Waals surface area contributed by atoms with Crippen molar-refractivity contribution in [1.29, 1.82) is 0 Å². The van der Waals surface area contributed by atoms with Crippen LogP contribution < -0.4 is 0 Å². The van der Waals surface area contributed by atoms with Crippen molar-refractivity contribution >= 4 is 34.3 Å². The lowest BCUT2D eigenvalue weighted by Gasteiger charge is -1.87. The molecule has 3 nitrogen and oxygen atoms in total. The van der Waals surface area contributed by atoms with E-state index < -0.39 is 0 Å². The first-order chi connectivity index (χ1) is 8.83. The van der Waals surface area contributed by atoms with Crippen molar-refractivity contribution in [3.63, 3.8) is 0 Å². The maximum Gasteiger partial charge on any atom is 0.363 e. The van der Waals surface area contributed by atoms with Crippen LogP contribution >= 0.6 is 12.2 Å². The van der Waals surface area contributed by atoms with Crippen LogP contribution in [0.4, 0.5) is 0 Å².